The van der Waals surface area contributed by atoms with Crippen LogP contribution in [-0.4, -0.2) is 49.9 Å². The van der Waals surface area contributed by atoms with Crippen molar-refractivity contribution in [3.05, 3.63) is 123 Å². The lowest BCUT2D eigenvalue weighted by molar-refractivity contribution is -0.384. The summed E-state index contributed by atoms with van der Waals surface area (Å²) in [6.45, 7) is 3.61. The highest BCUT2D eigenvalue weighted by Crippen LogP contribution is 2.55. The van der Waals surface area contributed by atoms with Crippen molar-refractivity contribution in [3.63, 3.8) is 0 Å². The number of hydrogen-bond donors (Lipinski definition) is 2. The zero-order valence-electron chi connectivity index (χ0n) is 24.1. The van der Waals surface area contributed by atoms with Crippen LogP contribution >= 0.6 is 0 Å². The van der Waals surface area contributed by atoms with Gasteiger partial charge in [0.15, 0.2) is 11.3 Å². The quantitative estimate of drug-likeness (QED) is 0.144. The van der Waals surface area contributed by atoms with Gasteiger partial charge in [-0.1, -0.05) is 62.4 Å². The Hall–Kier alpha value is -5.91. The van der Waals surface area contributed by atoms with E-state index >= 15 is 0 Å². The summed E-state index contributed by atoms with van der Waals surface area (Å²) in [5.41, 5.74) is -1.37. The van der Waals surface area contributed by atoms with Crippen LogP contribution in [0, 0.1) is 15.5 Å². The van der Waals surface area contributed by atoms with Gasteiger partial charge in [-0.15, -0.1) is 0 Å². The molecule has 1 aliphatic carbocycles. The highest BCUT2D eigenvalue weighted by molar-refractivity contribution is 6.56. The second-order valence-corrected chi connectivity index (χ2v) is 11.8. The van der Waals surface area contributed by atoms with Crippen LogP contribution in [0.1, 0.15) is 42.6 Å². The summed E-state index contributed by atoms with van der Waals surface area (Å²) in [6, 6.07) is 20.4. The Bertz CT molecular complexity index is 1880. The summed E-state index contributed by atoms with van der Waals surface area (Å²) in [5.74, 6) is -5.37. The van der Waals surface area contributed by atoms with Crippen molar-refractivity contribution < 1.29 is 34.0 Å². The van der Waals surface area contributed by atoms with Crippen LogP contribution < -0.4 is 10.3 Å². The molecule has 0 radical (unpaired) electrons. The molecule has 1 atom stereocenters. The Labute approximate surface area is 256 Å². The van der Waals surface area contributed by atoms with E-state index in [9.17, 15) is 39.2 Å². The molecule has 3 amide bonds. The van der Waals surface area contributed by atoms with Crippen molar-refractivity contribution in [3.8, 4) is 0 Å². The molecule has 3 aromatic carbocycles. The van der Waals surface area contributed by atoms with E-state index in [2.05, 4.69) is 5.43 Å². The summed E-state index contributed by atoms with van der Waals surface area (Å²) in [6.07, 6.45) is 0.0435. The standard InChI is InChI=1S/C33H26N4O8/c1-32(2)17-23-25(24(38)18-32)33(31(43)36(23)34-29(41)20-13-15-22(16-14-20)37(44)45)26(27(39)19-9-5-3-6-10-19)28(40)30(42)35(33)21-11-7-4-8-12-21/h3-16,39H,17-18H2,1-2H3,(H,34,41)/b27-26-. The number of aliphatic hydroxyl groups excluding tert-OH is 1. The van der Waals surface area contributed by atoms with E-state index in [1.165, 1.54) is 36.4 Å². The Balaban J connectivity index is 1.61. The number of amides is 3. The van der Waals surface area contributed by atoms with Gasteiger partial charge in [-0.05, 0) is 36.1 Å². The van der Waals surface area contributed by atoms with Crippen molar-refractivity contribution in [2.24, 2.45) is 5.41 Å². The van der Waals surface area contributed by atoms with Gasteiger partial charge < -0.3 is 5.11 Å². The van der Waals surface area contributed by atoms with Crippen LogP contribution in [0.15, 0.2) is 102 Å². The summed E-state index contributed by atoms with van der Waals surface area (Å²) in [7, 11) is 0. The second-order valence-electron chi connectivity index (χ2n) is 11.8. The molecule has 226 valence electrons. The van der Waals surface area contributed by atoms with Crippen molar-refractivity contribution in [1.29, 1.82) is 0 Å². The zero-order chi connectivity index (χ0) is 32.3. The number of non-ortho nitro benzene ring substituents is 1. The number of nitrogens with one attached hydrogen (secondary N) is 1. The molecule has 1 saturated heterocycles. The number of benzene rings is 3. The minimum atomic E-state index is -2.44. The summed E-state index contributed by atoms with van der Waals surface area (Å²) in [4.78, 5) is 81.7. The molecule has 2 heterocycles. The van der Waals surface area contributed by atoms with Gasteiger partial charge in [-0.3, -0.25) is 44.4 Å². The Morgan fingerprint density at radius 1 is 0.867 bits per heavy atom. The van der Waals surface area contributed by atoms with Crippen LogP contribution in [0.25, 0.3) is 5.76 Å². The first kappa shape index (κ1) is 29.2. The van der Waals surface area contributed by atoms with Gasteiger partial charge >= 0.3 is 5.91 Å². The lowest BCUT2D eigenvalue weighted by Gasteiger charge is -2.37. The fraction of sp³-hybridized carbons (Fsp3) is 0.182. The number of nitro benzene ring substituents is 1. The third-order valence-electron chi connectivity index (χ3n) is 8.17. The van der Waals surface area contributed by atoms with Gasteiger partial charge in [-0.25, -0.2) is 5.01 Å². The van der Waals surface area contributed by atoms with Gasteiger partial charge in [-0.2, -0.15) is 0 Å². The number of fused-ring (bicyclic) bond motifs is 1. The number of ketones is 2. The number of carbonyl (C=O) groups is 5. The number of hydrazine groups is 1. The number of aliphatic hydroxyl groups is 1. The maximum absolute atomic E-state index is 14.9. The fourth-order valence-corrected chi connectivity index (χ4v) is 6.28. The van der Waals surface area contributed by atoms with Crippen molar-refractivity contribution in [2.45, 2.75) is 32.2 Å². The smallest absolute Gasteiger partial charge is 0.300 e. The third kappa shape index (κ3) is 4.41. The molecule has 45 heavy (non-hydrogen) atoms. The summed E-state index contributed by atoms with van der Waals surface area (Å²) < 4.78 is 0. The molecule has 1 spiro atoms. The van der Waals surface area contributed by atoms with Crippen molar-refractivity contribution >= 4 is 46.4 Å². The average molecular weight is 607 g/mol. The van der Waals surface area contributed by atoms with Crippen LogP contribution in [0.3, 0.4) is 0 Å². The normalized spacial score (nSPS) is 21.8. The zero-order valence-corrected chi connectivity index (χ0v) is 24.1. The van der Waals surface area contributed by atoms with E-state index in [4.69, 9.17) is 0 Å². The van der Waals surface area contributed by atoms with E-state index in [0.29, 0.717) is 0 Å². The molecule has 2 aliphatic heterocycles. The second kappa shape index (κ2) is 10.4. The monoisotopic (exact) mass is 606 g/mol. The molecule has 1 unspecified atom stereocenters. The molecule has 0 bridgehead atoms. The third-order valence-corrected chi connectivity index (χ3v) is 8.17. The van der Waals surface area contributed by atoms with Crippen molar-refractivity contribution in [2.75, 3.05) is 4.90 Å². The molecular weight excluding hydrogens is 580 g/mol. The molecule has 0 aromatic heterocycles. The van der Waals surface area contributed by atoms with Crippen LogP contribution in [-0.2, 0) is 19.2 Å². The Morgan fingerprint density at radius 2 is 1.47 bits per heavy atom. The number of anilines is 1. The van der Waals surface area contributed by atoms with Crippen LogP contribution in [0.5, 0.6) is 0 Å². The first-order valence-electron chi connectivity index (χ1n) is 14.0. The minimum Gasteiger partial charge on any atom is -0.507 e. The first-order valence-corrected chi connectivity index (χ1v) is 14.0. The van der Waals surface area contributed by atoms with Gasteiger partial charge in [0.2, 0.25) is 0 Å². The van der Waals surface area contributed by atoms with Gasteiger partial charge in [0.25, 0.3) is 23.3 Å². The summed E-state index contributed by atoms with van der Waals surface area (Å²) in [5, 5.41) is 23.6. The molecule has 12 nitrogen and oxygen atoms in total. The first-order chi connectivity index (χ1) is 21.4. The summed E-state index contributed by atoms with van der Waals surface area (Å²) >= 11 is 0. The average Bonchev–Trinajstić information content (AvgIpc) is 3.38. The highest BCUT2D eigenvalue weighted by Gasteiger charge is 2.71. The molecule has 3 aromatic rings. The predicted octanol–water partition coefficient (Wildman–Crippen LogP) is 4.05. The van der Waals surface area contributed by atoms with Crippen LogP contribution in [0.2, 0.25) is 0 Å². The molecule has 3 aliphatic rings. The van der Waals surface area contributed by atoms with Gasteiger partial charge in [0.1, 0.15) is 5.76 Å². The van der Waals surface area contributed by atoms with Gasteiger partial charge in [0.05, 0.1) is 21.8 Å². The minimum absolute atomic E-state index is 0.0284. The molecule has 12 heteroatoms. The van der Waals surface area contributed by atoms with E-state index in [0.717, 1.165) is 22.0 Å². The predicted molar refractivity (Wildman–Crippen MR) is 160 cm³/mol. The SMILES string of the molecule is CC1(C)CC(=O)C2=C(C1)N(NC(=O)c1ccc([N+](=O)[O-])cc1)C(=O)C21/C(=C(\O)c2ccccc2)C(=O)C(=O)N1c1ccccc1. The molecular formula is C33H26N4O8. The van der Waals surface area contributed by atoms with E-state index in [-0.39, 0.29) is 46.6 Å². The maximum Gasteiger partial charge on any atom is 0.300 e. The highest BCUT2D eigenvalue weighted by atomic mass is 16.6. The van der Waals surface area contributed by atoms with Crippen LogP contribution in [0.4, 0.5) is 11.4 Å². The lowest BCUT2D eigenvalue weighted by Crippen LogP contribution is -2.58. The largest absolute Gasteiger partial charge is 0.507 e. The molecule has 1 fully saturated rings. The molecule has 6 rings (SSSR count). The number of hydrogen-bond acceptors (Lipinski definition) is 8. The number of nitro groups is 1. The van der Waals surface area contributed by atoms with E-state index in [1.54, 1.807) is 50.2 Å². The number of para-hydroxylation sites is 1. The number of Topliss-reactive ketones (excluding diaryl/α,β-unsaturated/α-hetero) is 2. The number of allylic oxidation sites excluding steroid dienone is 1. The fourth-order valence-electron chi connectivity index (χ4n) is 6.28. The Morgan fingerprint density at radius 3 is 2.07 bits per heavy atom. The molecule has 0 saturated carbocycles. The number of nitrogens with zero attached hydrogens (tertiary/aromatic N) is 3. The van der Waals surface area contributed by atoms with E-state index in [1.807, 2.05) is 0 Å². The maximum atomic E-state index is 14.9. The van der Waals surface area contributed by atoms with Gasteiger partial charge in [0, 0.05) is 35.4 Å². The van der Waals surface area contributed by atoms with E-state index < -0.39 is 56.5 Å². The number of carbonyl (C=O) groups excluding carboxylic acids is 5. The molecule has 2 N–H and O–H groups in total. The topological polar surface area (TPSA) is 167 Å². The lowest BCUT2D eigenvalue weighted by atomic mass is 9.70. The number of rotatable bonds is 5. The Kier molecular flexibility index (Phi) is 6.72. The van der Waals surface area contributed by atoms with Crippen molar-refractivity contribution in [1.82, 2.24) is 10.4 Å².